The molecular formula is C21H20F6. The van der Waals surface area contributed by atoms with Gasteiger partial charge in [0.05, 0.1) is 11.1 Å². The van der Waals surface area contributed by atoms with Gasteiger partial charge in [-0.3, -0.25) is 0 Å². The molecule has 0 spiro atoms. The zero-order chi connectivity index (χ0) is 19.8. The lowest BCUT2D eigenvalue weighted by molar-refractivity contribution is -0.139. The third-order valence-corrected chi connectivity index (χ3v) is 5.63. The summed E-state index contributed by atoms with van der Waals surface area (Å²) < 4.78 is 80.5. The summed E-state index contributed by atoms with van der Waals surface area (Å²) >= 11 is 0. The fourth-order valence-corrected chi connectivity index (χ4v) is 4.40. The van der Waals surface area contributed by atoms with Gasteiger partial charge in [-0.05, 0) is 53.9 Å². The minimum atomic E-state index is -4.48. The molecule has 0 N–H and O–H groups in total. The predicted octanol–water partition coefficient (Wildman–Crippen LogP) is 7.41. The summed E-state index contributed by atoms with van der Waals surface area (Å²) in [5.74, 6) is -1.18. The summed E-state index contributed by atoms with van der Waals surface area (Å²) in [5, 5.41) is 0. The molecule has 2 atom stereocenters. The van der Waals surface area contributed by atoms with Crippen LogP contribution in [0.25, 0.3) is 0 Å². The van der Waals surface area contributed by atoms with Crippen molar-refractivity contribution in [1.29, 1.82) is 0 Å². The van der Waals surface area contributed by atoms with Crippen LogP contribution < -0.4 is 0 Å². The van der Waals surface area contributed by atoms with Crippen LogP contribution in [0.1, 0.15) is 60.3 Å². The van der Waals surface area contributed by atoms with Crippen molar-refractivity contribution in [3.63, 3.8) is 0 Å². The van der Waals surface area contributed by atoms with Gasteiger partial charge in [0.25, 0.3) is 0 Å². The first kappa shape index (κ1) is 19.8. The van der Waals surface area contributed by atoms with E-state index in [9.17, 15) is 26.3 Å². The molecule has 0 amide bonds. The van der Waals surface area contributed by atoms with Crippen molar-refractivity contribution < 1.29 is 26.3 Å². The van der Waals surface area contributed by atoms with Gasteiger partial charge in [0.2, 0.25) is 0 Å². The Morgan fingerprint density at radius 3 is 1.41 bits per heavy atom. The van der Waals surface area contributed by atoms with Crippen LogP contribution in [0.4, 0.5) is 26.3 Å². The zero-order valence-corrected chi connectivity index (χ0v) is 14.7. The van der Waals surface area contributed by atoms with Crippen LogP contribution in [0.15, 0.2) is 48.5 Å². The summed E-state index contributed by atoms with van der Waals surface area (Å²) in [4.78, 5) is 0. The molecule has 2 aromatic carbocycles. The van der Waals surface area contributed by atoms with Crippen LogP contribution in [0.5, 0.6) is 0 Å². The highest BCUT2D eigenvalue weighted by molar-refractivity contribution is 5.37. The SMILES string of the molecule is CC1C(c2ccccc2C(F)(F)F)CCCC1c1ccccc1C(F)(F)F. The molecule has 0 nitrogen and oxygen atoms in total. The smallest absolute Gasteiger partial charge is 0.166 e. The summed E-state index contributed by atoms with van der Waals surface area (Å²) in [6.07, 6.45) is -7.28. The molecule has 0 aliphatic heterocycles. The molecule has 2 unspecified atom stereocenters. The van der Waals surface area contributed by atoms with Crippen LogP contribution in [0.2, 0.25) is 0 Å². The monoisotopic (exact) mass is 386 g/mol. The van der Waals surface area contributed by atoms with Gasteiger partial charge in [-0.25, -0.2) is 0 Å². The maximum Gasteiger partial charge on any atom is 0.416 e. The van der Waals surface area contributed by atoms with E-state index in [1.165, 1.54) is 24.3 Å². The number of hydrogen-bond acceptors (Lipinski definition) is 0. The first-order valence-corrected chi connectivity index (χ1v) is 8.93. The van der Waals surface area contributed by atoms with Crippen molar-refractivity contribution in [1.82, 2.24) is 0 Å². The van der Waals surface area contributed by atoms with Gasteiger partial charge in [-0.2, -0.15) is 26.3 Å². The average molecular weight is 386 g/mol. The van der Waals surface area contributed by atoms with Gasteiger partial charge < -0.3 is 0 Å². The predicted molar refractivity (Wildman–Crippen MR) is 91.4 cm³/mol. The number of hydrogen-bond donors (Lipinski definition) is 0. The number of benzene rings is 2. The second-order valence-electron chi connectivity index (χ2n) is 7.17. The molecule has 0 aromatic heterocycles. The zero-order valence-electron chi connectivity index (χ0n) is 14.7. The van der Waals surface area contributed by atoms with Gasteiger partial charge in [-0.15, -0.1) is 0 Å². The van der Waals surface area contributed by atoms with Crippen LogP contribution in [-0.2, 0) is 12.4 Å². The van der Waals surface area contributed by atoms with E-state index in [2.05, 4.69) is 0 Å². The highest BCUT2D eigenvalue weighted by atomic mass is 19.4. The average Bonchev–Trinajstić information content (AvgIpc) is 2.60. The van der Waals surface area contributed by atoms with E-state index in [-0.39, 0.29) is 17.0 Å². The maximum absolute atomic E-state index is 13.4. The molecular weight excluding hydrogens is 366 g/mol. The lowest BCUT2D eigenvalue weighted by Gasteiger charge is -2.38. The number of alkyl halides is 6. The molecule has 1 aliphatic carbocycles. The van der Waals surface area contributed by atoms with E-state index in [0.717, 1.165) is 12.1 Å². The minimum Gasteiger partial charge on any atom is -0.166 e. The van der Waals surface area contributed by atoms with Crippen molar-refractivity contribution in [2.75, 3.05) is 0 Å². The Balaban J connectivity index is 2.01. The fraction of sp³-hybridized carbons (Fsp3) is 0.429. The summed E-state index contributed by atoms with van der Waals surface area (Å²) in [6.45, 7) is 1.77. The molecule has 2 aromatic rings. The molecule has 0 radical (unpaired) electrons. The lowest BCUT2D eigenvalue weighted by atomic mass is 9.66. The molecule has 1 fully saturated rings. The molecule has 1 saturated carbocycles. The van der Waals surface area contributed by atoms with Crippen molar-refractivity contribution in [3.05, 3.63) is 70.8 Å². The second-order valence-corrected chi connectivity index (χ2v) is 7.17. The molecule has 1 aliphatic rings. The Kier molecular flexibility index (Phi) is 5.28. The lowest BCUT2D eigenvalue weighted by Crippen LogP contribution is -2.27. The first-order valence-electron chi connectivity index (χ1n) is 8.93. The highest BCUT2D eigenvalue weighted by Gasteiger charge is 2.41. The minimum absolute atomic E-state index is 0.187. The van der Waals surface area contributed by atoms with Crippen molar-refractivity contribution >= 4 is 0 Å². The van der Waals surface area contributed by atoms with Crippen LogP contribution >= 0.6 is 0 Å². The van der Waals surface area contributed by atoms with Crippen molar-refractivity contribution in [3.8, 4) is 0 Å². The van der Waals surface area contributed by atoms with Gasteiger partial charge >= 0.3 is 12.4 Å². The van der Waals surface area contributed by atoms with Crippen molar-refractivity contribution in [2.24, 2.45) is 5.92 Å². The quantitative estimate of drug-likeness (QED) is 0.471. The topological polar surface area (TPSA) is 0 Å². The Hall–Kier alpha value is -1.98. The molecule has 6 heteroatoms. The summed E-state index contributed by atoms with van der Waals surface area (Å²) in [7, 11) is 0. The van der Waals surface area contributed by atoms with E-state index < -0.39 is 35.3 Å². The molecule has 27 heavy (non-hydrogen) atoms. The molecule has 0 heterocycles. The molecule has 0 saturated heterocycles. The van der Waals surface area contributed by atoms with E-state index in [1.807, 2.05) is 0 Å². The van der Waals surface area contributed by atoms with Gasteiger partial charge in [-0.1, -0.05) is 49.7 Å². The Bertz CT molecular complexity index is 724. The third-order valence-electron chi connectivity index (χ3n) is 5.63. The molecule has 0 bridgehead atoms. The first-order chi connectivity index (χ1) is 12.6. The Morgan fingerprint density at radius 1 is 0.667 bits per heavy atom. The summed E-state index contributed by atoms with van der Waals surface area (Å²) in [6, 6.07) is 10.8. The van der Waals surface area contributed by atoms with Crippen LogP contribution in [-0.4, -0.2) is 0 Å². The number of rotatable bonds is 2. The van der Waals surface area contributed by atoms with Gasteiger partial charge in [0.15, 0.2) is 0 Å². The van der Waals surface area contributed by atoms with E-state index in [0.29, 0.717) is 19.3 Å². The van der Waals surface area contributed by atoms with E-state index in [4.69, 9.17) is 0 Å². The molecule has 146 valence electrons. The Labute approximate surface area is 154 Å². The molecule has 3 rings (SSSR count). The standard InChI is InChI=1S/C21H20F6/c1-13-14(16-7-2-4-11-18(16)20(22,23)24)9-6-10-15(13)17-8-3-5-12-19(17)21(25,26)27/h2-5,7-8,11-15H,6,9-10H2,1H3. The van der Waals surface area contributed by atoms with Gasteiger partial charge in [0.1, 0.15) is 0 Å². The van der Waals surface area contributed by atoms with Gasteiger partial charge in [0, 0.05) is 0 Å². The van der Waals surface area contributed by atoms with Crippen LogP contribution in [0, 0.1) is 5.92 Å². The summed E-state index contributed by atoms with van der Waals surface area (Å²) in [5.41, 5.74) is -1.00. The van der Waals surface area contributed by atoms with E-state index in [1.54, 1.807) is 19.1 Å². The van der Waals surface area contributed by atoms with E-state index >= 15 is 0 Å². The van der Waals surface area contributed by atoms with Crippen LogP contribution in [0.3, 0.4) is 0 Å². The normalized spacial score (nSPS) is 24.0. The maximum atomic E-state index is 13.4. The van der Waals surface area contributed by atoms with Crippen molar-refractivity contribution in [2.45, 2.75) is 50.4 Å². The second kappa shape index (κ2) is 7.21. The Morgan fingerprint density at radius 2 is 1.04 bits per heavy atom. The number of halogens is 6. The largest absolute Gasteiger partial charge is 0.416 e. The highest BCUT2D eigenvalue weighted by Crippen LogP contribution is 2.50. The third kappa shape index (κ3) is 3.99. The fourth-order valence-electron chi connectivity index (χ4n) is 4.40.